The van der Waals surface area contributed by atoms with E-state index in [1.54, 1.807) is 0 Å². The molecule has 0 fully saturated rings. The zero-order chi connectivity index (χ0) is 7.56. The first-order chi connectivity index (χ1) is 4.72. The van der Waals surface area contributed by atoms with Gasteiger partial charge in [0.15, 0.2) is 0 Å². The number of hydrogen-bond acceptors (Lipinski definition) is 3. The SMILES string of the molecule is O=c1cc(SI)[nH]c(=O)[nH]1. The summed E-state index contributed by atoms with van der Waals surface area (Å²) in [5, 5.41) is 0.564. The largest absolute Gasteiger partial charge is 0.326 e. The Bertz CT molecular complexity index is 302. The van der Waals surface area contributed by atoms with E-state index in [4.69, 9.17) is 0 Å². The van der Waals surface area contributed by atoms with E-state index in [0.717, 1.165) is 0 Å². The molecule has 0 amide bonds. The summed E-state index contributed by atoms with van der Waals surface area (Å²) in [6.45, 7) is 0. The second kappa shape index (κ2) is 3.24. The van der Waals surface area contributed by atoms with Crippen molar-refractivity contribution in [3.8, 4) is 0 Å². The third-order valence-electron chi connectivity index (χ3n) is 0.819. The quantitative estimate of drug-likeness (QED) is 0.577. The van der Waals surface area contributed by atoms with Gasteiger partial charge in [0.05, 0.1) is 5.03 Å². The van der Waals surface area contributed by atoms with Crippen LogP contribution in [-0.2, 0) is 0 Å². The lowest BCUT2D eigenvalue weighted by Crippen LogP contribution is -2.21. The van der Waals surface area contributed by atoms with Gasteiger partial charge in [0.2, 0.25) is 0 Å². The van der Waals surface area contributed by atoms with Gasteiger partial charge in [-0.05, 0) is 8.93 Å². The Kier molecular flexibility index (Phi) is 2.55. The van der Waals surface area contributed by atoms with Crippen LogP contribution in [0.4, 0.5) is 0 Å². The highest BCUT2D eigenvalue weighted by atomic mass is 127. The Morgan fingerprint density at radius 3 is 2.60 bits per heavy atom. The van der Waals surface area contributed by atoms with E-state index in [1.165, 1.54) is 15.0 Å². The van der Waals surface area contributed by atoms with Crippen LogP contribution in [-0.4, -0.2) is 9.97 Å². The Morgan fingerprint density at radius 2 is 2.10 bits per heavy atom. The lowest BCUT2D eigenvalue weighted by atomic mass is 10.7. The van der Waals surface area contributed by atoms with Gasteiger partial charge in [-0.25, -0.2) is 4.79 Å². The predicted molar refractivity (Wildman–Crippen MR) is 47.6 cm³/mol. The fourth-order valence-electron chi connectivity index (χ4n) is 0.488. The van der Waals surface area contributed by atoms with Crippen molar-refractivity contribution >= 4 is 30.1 Å². The highest BCUT2D eigenvalue weighted by Gasteiger charge is 1.92. The van der Waals surface area contributed by atoms with E-state index < -0.39 is 5.69 Å². The van der Waals surface area contributed by atoms with Crippen LogP contribution >= 0.6 is 30.1 Å². The molecule has 0 spiro atoms. The van der Waals surface area contributed by atoms with Gasteiger partial charge in [-0.3, -0.25) is 9.78 Å². The Labute approximate surface area is 72.0 Å². The van der Waals surface area contributed by atoms with Crippen molar-refractivity contribution in [1.29, 1.82) is 0 Å². The zero-order valence-corrected chi connectivity index (χ0v) is 7.65. The lowest BCUT2D eigenvalue weighted by Gasteiger charge is -1.88. The molecule has 1 rings (SSSR count). The third-order valence-corrected chi connectivity index (χ3v) is 2.63. The maximum Gasteiger partial charge on any atom is 0.326 e. The van der Waals surface area contributed by atoms with Gasteiger partial charge >= 0.3 is 5.69 Å². The topological polar surface area (TPSA) is 65.7 Å². The smallest absolute Gasteiger partial charge is 0.301 e. The zero-order valence-electron chi connectivity index (χ0n) is 4.68. The van der Waals surface area contributed by atoms with Crippen LogP contribution in [0.1, 0.15) is 0 Å². The molecule has 0 aliphatic rings. The van der Waals surface area contributed by atoms with Gasteiger partial charge < -0.3 is 4.98 Å². The molecule has 4 nitrogen and oxygen atoms in total. The molecule has 0 aliphatic carbocycles. The average molecular weight is 270 g/mol. The summed E-state index contributed by atoms with van der Waals surface area (Å²) in [5.41, 5.74) is -0.838. The number of aromatic amines is 2. The Balaban J connectivity index is 3.33. The molecule has 0 aromatic carbocycles. The Morgan fingerprint density at radius 1 is 1.40 bits per heavy atom. The minimum absolute atomic E-state index is 0.372. The first kappa shape index (κ1) is 7.86. The van der Waals surface area contributed by atoms with Crippen LogP contribution < -0.4 is 11.2 Å². The van der Waals surface area contributed by atoms with Gasteiger partial charge in [0.1, 0.15) is 0 Å². The van der Waals surface area contributed by atoms with Crippen molar-refractivity contribution in [2.24, 2.45) is 0 Å². The van der Waals surface area contributed by atoms with E-state index in [-0.39, 0.29) is 5.56 Å². The van der Waals surface area contributed by atoms with Gasteiger partial charge in [-0.15, -0.1) is 0 Å². The van der Waals surface area contributed by atoms with Gasteiger partial charge in [0.25, 0.3) is 5.56 Å². The molecule has 2 N–H and O–H groups in total. The molecular formula is C4H3IN2O2S. The summed E-state index contributed by atoms with van der Waals surface area (Å²) >= 11 is 1.98. The molecule has 0 aliphatic heterocycles. The number of nitrogens with one attached hydrogen (secondary N) is 2. The van der Waals surface area contributed by atoms with Gasteiger partial charge in [0, 0.05) is 27.3 Å². The first-order valence-electron chi connectivity index (χ1n) is 2.34. The van der Waals surface area contributed by atoms with E-state index in [0.29, 0.717) is 5.03 Å². The number of halogens is 1. The Hall–Kier alpha value is -0.240. The number of H-pyrrole nitrogens is 2. The molecule has 0 atom stereocenters. The van der Waals surface area contributed by atoms with Crippen molar-refractivity contribution in [3.05, 3.63) is 26.9 Å². The minimum atomic E-state index is -0.466. The van der Waals surface area contributed by atoms with Crippen LogP contribution in [0.3, 0.4) is 0 Å². The summed E-state index contributed by atoms with van der Waals surface area (Å²) in [6, 6.07) is 1.33. The molecule has 1 aromatic rings. The lowest BCUT2D eigenvalue weighted by molar-refractivity contribution is 0.953. The van der Waals surface area contributed by atoms with Crippen molar-refractivity contribution < 1.29 is 0 Å². The van der Waals surface area contributed by atoms with Crippen LogP contribution in [0.25, 0.3) is 0 Å². The third kappa shape index (κ3) is 1.87. The molecule has 1 heterocycles. The van der Waals surface area contributed by atoms with Gasteiger partial charge in [-0.1, -0.05) is 0 Å². The number of rotatable bonds is 1. The summed E-state index contributed by atoms with van der Waals surface area (Å²) in [6.07, 6.45) is 0. The van der Waals surface area contributed by atoms with Crippen molar-refractivity contribution in [2.45, 2.75) is 5.03 Å². The molecule has 6 heteroatoms. The summed E-state index contributed by atoms with van der Waals surface area (Å²) in [5.74, 6) is 0. The van der Waals surface area contributed by atoms with Crippen LogP contribution in [0, 0.1) is 0 Å². The van der Waals surface area contributed by atoms with Crippen LogP contribution in [0.15, 0.2) is 20.7 Å². The standard InChI is InChI=1S/C4H3IN2O2S/c5-10-3-1-2(8)6-4(9)7-3/h1H,(H2,6,7,8,9). The van der Waals surface area contributed by atoms with Crippen molar-refractivity contribution in [1.82, 2.24) is 9.97 Å². The molecule has 0 radical (unpaired) electrons. The molecule has 1 aromatic heterocycles. The fourth-order valence-corrected chi connectivity index (χ4v) is 1.48. The number of hydrogen-bond donors (Lipinski definition) is 2. The highest BCUT2D eigenvalue weighted by Crippen LogP contribution is 2.19. The molecule has 0 saturated heterocycles. The van der Waals surface area contributed by atoms with Crippen LogP contribution in [0.2, 0.25) is 0 Å². The maximum atomic E-state index is 10.6. The minimum Gasteiger partial charge on any atom is -0.301 e. The average Bonchev–Trinajstić information content (AvgIpc) is 1.85. The predicted octanol–water partition coefficient (Wildman–Crippen LogP) is 0.505. The number of aromatic nitrogens is 2. The fraction of sp³-hybridized carbons (Fsp3) is 0. The summed E-state index contributed by atoms with van der Waals surface area (Å²) in [7, 11) is 1.29. The molecule has 0 saturated carbocycles. The van der Waals surface area contributed by atoms with Crippen molar-refractivity contribution in [3.63, 3.8) is 0 Å². The van der Waals surface area contributed by atoms with E-state index in [1.807, 2.05) is 21.2 Å². The monoisotopic (exact) mass is 270 g/mol. The first-order valence-corrected chi connectivity index (χ1v) is 5.70. The molecule has 10 heavy (non-hydrogen) atoms. The summed E-state index contributed by atoms with van der Waals surface area (Å²) < 4.78 is 0. The van der Waals surface area contributed by atoms with Gasteiger partial charge in [-0.2, -0.15) is 0 Å². The highest BCUT2D eigenvalue weighted by molar-refractivity contribution is 14.2. The maximum absolute atomic E-state index is 10.6. The normalized spacial score (nSPS) is 9.70. The second-order valence-corrected chi connectivity index (χ2v) is 3.44. The molecule has 54 valence electrons. The molecule has 0 bridgehead atoms. The van der Waals surface area contributed by atoms with E-state index in [2.05, 4.69) is 9.97 Å². The van der Waals surface area contributed by atoms with E-state index >= 15 is 0 Å². The molecular weight excluding hydrogens is 267 g/mol. The summed E-state index contributed by atoms with van der Waals surface area (Å²) in [4.78, 5) is 25.6. The van der Waals surface area contributed by atoms with Crippen LogP contribution in [0.5, 0.6) is 0 Å². The van der Waals surface area contributed by atoms with E-state index in [9.17, 15) is 9.59 Å². The van der Waals surface area contributed by atoms with Crippen molar-refractivity contribution in [2.75, 3.05) is 0 Å². The second-order valence-electron chi connectivity index (χ2n) is 1.53. The molecule has 0 unspecified atom stereocenters.